The highest BCUT2D eigenvalue weighted by atomic mass is 16.6. The van der Waals surface area contributed by atoms with Crippen LogP contribution in [-0.2, 0) is 25.7 Å². The maximum Gasteiger partial charge on any atom is 0.349 e. The number of carboxylic acid groups (broad SMARTS) is 1. The van der Waals surface area contributed by atoms with Crippen LogP contribution in [0.5, 0.6) is 0 Å². The monoisotopic (exact) mass is 302 g/mol. The van der Waals surface area contributed by atoms with Crippen LogP contribution in [0.15, 0.2) is 30.3 Å². The molecule has 1 aliphatic rings. The number of ether oxygens (including phenoxy) is 2. The highest BCUT2D eigenvalue weighted by molar-refractivity contribution is 5.92. The first-order valence-corrected chi connectivity index (χ1v) is 6.96. The number of aliphatic carboxylic acids is 1. The lowest BCUT2D eigenvalue weighted by Gasteiger charge is -2.34. The zero-order valence-electron chi connectivity index (χ0n) is 12.6. The van der Waals surface area contributed by atoms with Gasteiger partial charge in [-0.15, -0.1) is 0 Å². The Hall–Kier alpha value is -2.32. The average Bonchev–Trinajstić information content (AvgIpc) is 2.44. The minimum absolute atomic E-state index is 0.0355. The van der Waals surface area contributed by atoms with Crippen LogP contribution >= 0.6 is 0 Å². The third-order valence-electron chi connectivity index (χ3n) is 3.33. The van der Waals surface area contributed by atoms with Crippen molar-refractivity contribution in [1.29, 1.82) is 0 Å². The number of cyclic esters (lactones) is 1. The fourth-order valence-corrected chi connectivity index (χ4v) is 2.01. The molecule has 2 rings (SSSR count). The van der Waals surface area contributed by atoms with Crippen LogP contribution in [0.4, 0.5) is 0 Å². The van der Waals surface area contributed by atoms with E-state index in [4.69, 9.17) is 14.6 Å². The van der Waals surface area contributed by atoms with E-state index in [0.29, 0.717) is 6.61 Å². The van der Waals surface area contributed by atoms with Gasteiger partial charge in [0.2, 0.25) is 5.60 Å². The number of hydrogen-bond donors (Lipinski definition) is 1. The molecule has 116 valence electrons. The van der Waals surface area contributed by atoms with Crippen molar-refractivity contribution >= 4 is 11.9 Å². The molecule has 1 heterocycles. The molecule has 0 radical (unpaired) electrons. The Kier molecular flexibility index (Phi) is 4.53. The zero-order chi connectivity index (χ0) is 16.2. The van der Waals surface area contributed by atoms with Gasteiger partial charge in [-0.1, -0.05) is 42.2 Å². The van der Waals surface area contributed by atoms with Gasteiger partial charge in [0.1, 0.15) is 5.60 Å². The van der Waals surface area contributed by atoms with Crippen molar-refractivity contribution in [1.82, 2.24) is 0 Å². The molecule has 1 aliphatic heterocycles. The third kappa shape index (κ3) is 3.86. The van der Waals surface area contributed by atoms with E-state index in [1.54, 1.807) is 0 Å². The summed E-state index contributed by atoms with van der Waals surface area (Å²) < 4.78 is 10.5. The van der Waals surface area contributed by atoms with E-state index in [0.717, 1.165) is 5.56 Å². The largest absolute Gasteiger partial charge is 0.478 e. The summed E-state index contributed by atoms with van der Waals surface area (Å²) in [5.41, 5.74) is -1.17. The second-order valence-corrected chi connectivity index (χ2v) is 5.71. The normalized spacial score (nSPS) is 20.4. The average molecular weight is 302 g/mol. The standard InChI is InChI=1S/C17H18O5/c1-16(2,21-12-13-7-4-3-5-8-13)9-6-10-17(15(19)20)11-14(18)22-17/h3-5,7-8H,10-12H2,1-2H3,(H,19,20)/t17-/m1/s1. The SMILES string of the molecule is CC(C)(C#CC[C@]1(C(=O)O)CC(=O)O1)OCc1ccccc1. The minimum Gasteiger partial charge on any atom is -0.478 e. The third-order valence-corrected chi connectivity index (χ3v) is 3.33. The highest BCUT2D eigenvalue weighted by Crippen LogP contribution is 2.31. The first-order chi connectivity index (χ1) is 10.3. The summed E-state index contributed by atoms with van der Waals surface area (Å²) in [6, 6.07) is 9.70. The van der Waals surface area contributed by atoms with Gasteiger partial charge >= 0.3 is 11.9 Å². The molecule has 0 aliphatic carbocycles. The molecule has 1 saturated heterocycles. The van der Waals surface area contributed by atoms with Gasteiger partial charge in [-0.3, -0.25) is 4.79 Å². The molecule has 0 spiro atoms. The predicted octanol–water partition coefficient (Wildman–Crippen LogP) is 2.15. The molecular weight excluding hydrogens is 284 g/mol. The number of esters is 1. The van der Waals surface area contributed by atoms with E-state index < -0.39 is 23.1 Å². The lowest BCUT2D eigenvalue weighted by molar-refractivity contribution is -0.203. The van der Waals surface area contributed by atoms with Crippen LogP contribution in [0.3, 0.4) is 0 Å². The molecule has 1 aromatic carbocycles. The van der Waals surface area contributed by atoms with Crippen molar-refractivity contribution in [3.8, 4) is 11.8 Å². The van der Waals surface area contributed by atoms with Gasteiger partial charge in [0.25, 0.3) is 0 Å². The Morgan fingerprint density at radius 1 is 1.41 bits per heavy atom. The first kappa shape index (κ1) is 16.1. The maximum absolute atomic E-state index is 11.1. The van der Waals surface area contributed by atoms with Gasteiger partial charge in [-0.25, -0.2) is 4.79 Å². The smallest absolute Gasteiger partial charge is 0.349 e. The lowest BCUT2D eigenvalue weighted by Crippen LogP contribution is -2.53. The summed E-state index contributed by atoms with van der Waals surface area (Å²) in [5.74, 6) is 4.00. The Bertz CT molecular complexity index is 613. The van der Waals surface area contributed by atoms with Crippen LogP contribution in [0, 0.1) is 11.8 Å². The van der Waals surface area contributed by atoms with Crippen LogP contribution in [0.25, 0.3) is 0 Å². The minimum atomic E-state index is -1.49. The number of carbonyl (C=O) groups excluding carboxylic acids is 1. The lowest BCUT2D eigenvalue weighted by atomic mass is 9.90. The van der Waals surface area contributed by atoms with Crippen LogP contribution < -0.4 is 0 Å². The zero-order valence-corrected chi connectivity index (χ0v) is 12.6. The molecule has 22 heavy (non-hydrogen) atoms. The Morgan fingerprint density at radius 2 is 2.05 bits per heavy atom. The van der Waals surface area contributed by atoms with Crippen molar-refractivity contribution in [3.05, 3.63) is 35.9 Å². The molecule has 1 atom stereocenters. The van der Waals surface area contributed by atoms with E-state index in [-0.39, 0.29) is 12.8 Å². The number of rotatable bonds is 5. The molecule has 1 N–H and O–H groups in total. The van der Waals surface area contributed by atoms with Crippen LogP contribution in [0.1, 0.15) is 32.3 Å². The van der Waals surface area contributed by atoms with Crippen molar-refractivity contribution in [2.24, 2.45) is 0 Å². The topological polar surface area (TPSA) is 72.8 Å². The molecule has 0 saturated carbocycles. The summed E-state index contributed by atoms with van der Waals surface area (Å²) in [6.07, 6.45) is -0.172. The Morgan fingerprint density at radius 3 is 2.59 bits per heavy atom. The number of hydrogen-bond acceptors (Lipinski definition) is 4. The summed E-state index contributed by atoms with van der Waals surface area (Å²) >= 11 is 0. The van der Waals surface area contributed by atoms with Crippen molar-refractivity contribution < 1.29 is 24.2 Å². The number of benzene rings is 1. The van der Waals surface area contributed by atoms with Crippen molar-refractivity contribution in [2.45, 2.75) is 44.5 Å². The molecule has 5 heteroatoms. The van der Waals surface area contributed by atoms with Crippen molar-refractivity contribution in [2.75, 3.05) is 0 Å². The maximum atomic E-state index is 11.1. The van der Waals surface area contributed by atoms with E-state index in [2.05, 4.69) is 11.8 Å². The van der Waals surface area contributed by atoms with Crippen LogP contribution in [0.2, 0.25) is 0 Å². The van der Waals surface area contributed by atoms with Gasteiger partial charge in [0.15, 0.2) is 0 Å². The fourth-order valence-electron chi connectivity index (χ4n) is 2.01. The number of carbonyl (C=O) groups is 2. The van der Waals surface area contributed by atoms with Crippen molar-refractivity contribution in [3.63, 3.8) is 0 Å². The summed E-state index contributed by atoms with van der Waals surface area (Å²) in [6.45, 7) is 4.04. The first-order valence-electron chi connectivity index (χ1n) is 6.96. The predicted molar refractivity (Wildman–Crippen MR) is 78.8 cm³/mol. The quantitative estimate of drug-likeness (QED) is 0.666. The number of carboxylic acids is 1. The summed E-state index contributed by atoms with van der Waals surface area (Å²) in [4.78, 5) is 22.0. The van der Waals surface area contributed by atoms with E-state index in [1.807, 2.05) is 44.2 Å². The van der Waals surface area contributed by atoms with E-state index in [1.165, 1.54) is 0 Å². The Balaban J connectivity index is 1.92. The van der Waals surface area contributed by atoms with Crippen LogP contribution in [-0.4, -0.2) is 28.2 Å². The summed E-state index contributed by atoms with van der Waals surface area (Å²) in [7, 11) is 0. The van der Waals surface area contributed by atoms with Gasteiger partial charge < -0.3 is 14.6 Å². The van der Waals surface area contributed by atoms with E-state index >= 15 is 0 Å². The molecule has 0 bridgehead atoms. The molecule has 0 aromatic heterocycles. The van der Waals surface area contributed by atoms with Gasteiger partial charge in [-0.2, -0.15) is 0 Å². The molecule has 0 unspecified atom stereocenters. The van der Waals surface area contributed by atoms with E-state index in [9.17, 15) is 9.59 Å². The highest BCUT2D eigenvalue weighted by Gasteiger charge is 2.52. The Labute approximate surface area is 129 Å². The molecule has 1 fully saturated rings. The molecule has 1 aromatic rings. The van der Waals surface area contributed by atoms with Gasteiger partial charge in [0, 0.05) is 0 Å². The van der Waals surface area contributed by atoms with Gasteiger partial charge in [0.05, 0.1) is 19.4 Å². The fraction of sp³-hybridized carbons (Fsp3) is 0.412. The van der Waals surface area contributed by atoms with Gasteiger partial charge in [-0.05, 0) is 19.4 Å². The molecule has 0 amide bonds. The second-order valence-electron chi connectivity index (χ2n) is 5.71. The molecular formula is C17H18O5. The molecule has 5 nitrogen and oxygen atoms in total. The second kappa shape index (κ2) is 6.20. The summed E-state index contributed by atoms with van der Waals surface area (Å²) in [5, 5.41) is 9.11.